The van der Waals surface area contributed by atoms with Crippen LogP contribution in [0.1, 0.15) is 168 Å². The molecule has 6 heteroatoms. The van der Waals surface area contributed by atoms with Crippen LogP contribution in [0, 0.1) is 0 Å². The maximum atomic E-state index is 5.99. The number of nitrogens with zero attached hydrogens (tertiary/aromatic N) is 2. The minimum absolute atomic E-state index is 0.685. The minimum Gasteiger partial charge on any atom is -0.494 e. The van der Waals surface area contributed by atoms with Gasteiger partial charge in [-0.3, -0.25) is 9.97 Å². The van der Waals surface area contributed by atoms with Crippen molar-refractivity contribution < 1.29 is 18.9 Å². The summed E-state index contributed by atoms with van der Waals surface area (Å²) in [5.41, 5.74) is 4.04. The Morgan fingerprint density at radius 2 is 0.552 bits per heavy atom. The lowest BCUT2D eigenvalue weighted by Crippen LogP contribution is -2.00. The van der Waals surface area contributed by atoms with E-state index in [1.54, 1.807) is 0 Å². The van der Waals surface area contributed by atoms with Gasteiger partial charge in [0.25, 0.3) is 0 Å². The second-order valence-electron chi connectivity index (χ2n) is 16.0. The highest BCUT2D eigenvalue weighted by atomic mass is 16.5. The molecule has 2 aromatic heterocycles. The molecule has 0 fully saturated rings. The number of rotatable bonds is 35. The first-order valence-electron chi connectivity index (χ1n) is 23.4. The van der Waals surface area contributed by atoms with Gasteiger partial charge in [0, 0.05) is 11.1 Å². The maximum Gasteiger partial charge on any atom is 0.137 e. The Morgan fingerprint density at radius 1 is 0.293 bits per heavy atom. The van der Waals surface area contributed by atoms with E-state index in [4.69, 9.17) is 18.9 Å². The van der Waals surface area contributed by atoms with Crippen LogP contribution in [0.2, 0.25) is 0 Å². The molecule has 4 aromatic rings. The summed E-state index contributed by atoms with van der Waals surface area (Å²) < 4.78 is 23.9. The zero-order valence-electron chi connectivity index (χ0n) is 36.4. The lowest BCUT2D eigenvalue weighted by Gasteiger charge is -2.09. The first-order valence-corrected chi connectivity index (χ1v) is 23.4. The average Bonchev–Trinajstić information content (AvgIpc) is 3.26. The van der Waals surface area contributed by atoms with E-state index in [1.165, 1.54) is 116 Å². The van der Waals surface area contributed by atoms with Crippen LogP contribution >= 0.6 is 0 Å². The molecule has 0 saturated heterocycles. The quantitative estimate of drug-likeness (QED) is 0.0432. The fraction of sp³-hybridized carbons (Fsp3) is 0.577. The molecule has 0 aliphatic rings. The molecule has 0 spiro atoms. The van der Waals surface area contributed by atoms with Crippen molar-refractivity contribution in [3.05, 3.63) is 85.2 Å². The summed E-state index contributed by atoms with van der Waals surface area (Å²) in [6.45, 7) is 7.49. The van der Waals surface area contributed by atoms with Gasteiger partial charge in [0.2, 0.25) is 0 Å². The monoisotopic (exact) mass is 793 g/mol. The van der Waals surface area contributed by atoms with E-state index >= 15 is 0 Å². The van der Waals surface area contributed by atoms with Crippen LogP contribution < -0.4 is 18.9 Å². The topological polar surface area (TPSA) is 62.7 Å². The molecule has 0 aliphatic carbocycles. The van der Waals surface area contributed by atoms with Crippen LogP contribution in [0.15, 0.2) is 85.2 Å². The number of benzene rings is 2. The largest absolute Gasteiger partial charge is 0.494 e. The van der Waals surface area contributed by atoms with Gasteiger partial charge in [0.1, 0.15) is 23.0 Å². The Kier molecular flexibility index (Phi) is 24.9. The predicted molar refractivity (Wildman–Crippen MR) is 243 cm³/mol. The molecule has 318 valence electrons. The van der Waals surface area contributed by atoms with Crippen molar-refractivity contribution in [3.63, 3.8) is 0 Å². The molecule has 0 amide bonds. The van der Waals surface area contributed by atoms with Gasteiger partial charge in [-0.15, -0.1) is 0 Å². The summed E-state index contributed by atoms with van der Waals surface area (Å²) in [4.78, 5) is 9.28. The van der Waals surface area contributed by atoms with Crippen LogP contribution in [0.3, 0.4) is 0 Å². The summed E-state index contributed by atoms with van der Waals surface area (Å²) in [5.74, 6) is 3.47. The molecule has 0 radical (unpaired) electrons. The molecule has 0 saturated carbocycles. The molecule has 4 rings (SSSR count). The molecular weight excluding hydrogens is 717 g/mol. The summed E-state index contributed by atoms with van der Waals surface area (Å²) in [6.07, 6.45) is 34.5. The van der Waals surface area contributed by atoms with Crippen LogP contribution in [0.25, 0.3) is 22.5 Å². The van der Waals surface area contributed by atoms with E-state index < -0.39 is 0 Å². The second-order valence-corrected chi connectivity index (χ2v) is 16.0. The van der Waals surface area contributed by atoms with Crippen LogP contribution in [0.4, 0.5) is 0 Å². The molecule has 58 heavy (non-hydrogen) atoms. The van der Waals surface area contributed by atoms with Crippen molar-refractivity contribution in [1.29, 1.82) is 0 Å². The molecule has 0 N–H and O–H groups in total. The fourth-order valence-corrected chi connectivity index (χ4v) is 7.21. The van der Waals surface area contributed by atoms with Crippen molar-refractivity contribution in [2.75, 3.05) is 26.4 Å². The fourth-order valence-electron chi connectivity index (χ4n) is 7.21. The highest BCUT2D eigenvalue weighted by Gasteiger charge is 2.05. The van der Waals surface area contributed by atoms with Crippen LogP contribution in [0.5, 0.6) is 23.0 Å². The van der Waals surface area contributed by atoms with Crippen molar-refractivity contribution in [2.45, 2.75) is 168 Å². The molecular formula is C52H76N2O4. The number of hydrogen-bond acceptors (Lipinski definition) is 6. The van der Waals surface area contributed by atoms with Gasteiger partial charge in [0.15, 0.2) is 0 Å². The summed E-state index contributed by atoms with van der Waals surface area (Å²) in [5, 5.41) is 0. The molecule has 2 heterocycles. The Bertz CT molecular complexity index is 1420. The summed E-state index contributed by atoms with van der Waals surface area (Å²) in [6, 6.07) is 24.6. The van der Waals surface area contributed by atoms with Crippen molar-refractivity contribution in [1.82, 2.24) is 9.97 Å². The smallest absolute Gasteiger partial charge is 0.137 e. The van der Waals surface area contributed by atoms with Gasteiger partial charge in [-0.05, 0) is 111 Å². The van der Waals surface area contributed by atoms with Crippen molar-refractivity contribution >= 4 is 0 Å². The predicted octanol–water partition coefficient (Wildman–Crippen LogP) is 15.4. The normalized spacial score (nSPS) is 11.1. The third kappa shape index (κ3) is 20.6. The number of ether oxygens (including phenoxy) is 4. The third-order valence-corrected chi connectivity index (χ3v) is 10.9. The average molecular weight is 793 g/mol. The zero-order chi connectivity index (χ0) is 40.6. The van der Waals surface area contributed by atoms with Crippen LogP contribution in [-0.4, -0.2) is 36.4 Å². The van der Waals surface area contributed by atoms with Gasteiger partial charge in [-0.2, -0.15) is 0 Å². The van der Waals surface area contributed by atoms with Crippen LogP contribution in [-0.2, 0) is 0 Å². The van der Waals surface area contributed by atoms with Gasteiger partial charge in [0.05, 0.1) is 50.2 Å². The second kappa shape index (κ2) is 30.9. The molecule has 0 unspecified atom stereocenters. The summed E-state index contributed by atoms with van der Waals surface area (Å²) in [7, 11) is 0. The van der Waals surface area contributed by atoms with Gasteiger partial charge >= 0.3 is 0 Å². The Hall–Kier alpha value is -4.06. The molecule has 2 aromatic carbocycles. The Morgan fingerprint density at radius 3 is 0.828 bits per heavy atom. The van der Waals surface area contributed by atoms with E-state index in [1.807, 2.05) is 60.9 Å². The van der Waals surface area contributed by atoms with E-state index in [2.05, 4.69) is 48.1 Å². The Labute approximate surface area is 352 Å². The molecule has 0 atom stereocenters. The highest BCUT2D eigenvalue weighted by molar-refractivity contribution is 5.61. The number of aromatic nitrogens is 2. The Balaban J connectivity index is 0.976. The SMILES string of the molecule is CCCCCCCCCCCCOc1ccc(-c2ccc(OCCCCCCOc3ccc(-c4ccc(OCCCCCCCCCCCC)cc4)nc3)cn2)cc1. The maximum absolute atomic E-state index is 5.99. The molecule has 0 bridgehead atoms. The van der Waals surface area contributed by atoms with Gasteiger partial charge in [-0.25, -0.2) is 0 Å². The van der Waals surface area contributed by atoms with Gasteiger partial charge in [-0.1, -0.05) is 129 Å². The van der Waals surface area contributed by atoms with E-state index in [0.29, 0.717) is 13.2 Å². The molecule has 6 nitrogen and oxygen atoms in total. The highest BCUT2D eigenvalue weighted by Crippen LogP contribution is 2.25. The van der Waals surface area contributed by atoms with E-state index in [-0.39, 0.29) is 0 Å². The lowest BCUT2D eigenvalue weighted by molar-refractivity contribution is 0.286. The third-order valence-electron chi connectivity index (χ3n) is 10.9. The van der Waals surface area contributed by atoms with E-state index in [9.17, 15) is 0 Å². The molecule has 0 aliphatic heterocycles. The lowest BCUT2D eigenvalue weighted by atomic mass is 10.1. The zero-order valence-corrected chi connectivity index (χ0v) is 36.4. The standard InChI is InChI=1S/C52H76N2O4/c1-3-5-7-9-11-13-15-17-19-23-39-55-47-31-27-45(28-32-47)51-37-35-49(43-53-51)57-41-25-21-22-26-42-58-50-36-38-52(54-44-50)46-29-33-48(34-30-46)56-40-24-20-18-16-14-12-10-8-6-4-2/h27-38,43-44H,3-26,39-42H2,1-2H3. The van der Waals surface area contributed by atoms with E-state index in [0.717, 1.165) is 97.3 Å². The number of pyridine rings is 2. The van der Waals surface area contributed by atoms with Crippen molar-refractivity contribution in [3.8, 4) is 45.5 Å². The number of hydrogen-bond donors (Lipinski definition) is 0. The van der Waals surface area contributed by atoms with Crippen molar-refractivity contribution in [2.24, 2.45) is 0 Å². The van der Waals surface area contributed by atoms with Gasteiger partial charge < -0.3 is 18.9 Å². The first kappa shape index (κ1) is 46.6. The number of unbranched alkanes of at least 4 members (excludes halogenated alkanes) is 21. The minimum atomic E-state index is 0.685. The first-order chi connectivity index (χ1) is 28.7. The summed E-state index contributed by atoms with van der Waals surface area (Å²) >= 11 is 0.